The fraction of sp³-hybridized carbons (Fsp3) is 0.391. The molecular weight excluding hydrogens is 501 g/mol. The van der Waals surface area contributed by atoms with E-state index in [1.54, 1.807) is 0 Å². The molecular formula is C23H29Cl2N3O3S2. The Morgan fingerprint density at radius 3 is 2.27 bits per heavy atom. The molecule has 33 heavy (non-hydrogen) atoms. The molecule has 0 saturated heterocycles. The van der Waals surface area contributed by atoms with Crippen molar-refractivity contribution in [3.05, 3.63) is 52.5 Å². The highest BCUT2D eigenvalue weighted by molar-refractivity contribution is 7.92. The molecule has 1 heterocycles. The average molecular weight is 531 g/mol. The Morgan fingerprint density at radius 2 is 1.67 bits per heavy atom. The quantitative estimate of drug-likeness (QED) is 0.383. The summed E-state index contributed by atoms with van der Waals surface area (Å²) < 4.78 is 26.8. The molecule has 0 atom stereocenters. The largest absolute Gasteiger partial charge is 0.302 e. The van der Waals surface area contributed by atoms with Gasteiger partial charge in [-0.15, -0.1) is 12.4 Å². The van der Waals surface area contributed by atoms with E-state index in [-0.39, 0.29) is 17.3 Å². The van der Waals surface area contributed by atoms with Gasteiger partial charge in [0, 0.05) is 18.1 Å². The van der Waals surface area contributed by atoms with Crippen LogP contribution in [0.25, 0.3) is 10.2 Å². The average Bonchev–Trinajstić information content (AvgIpc) is 3.18. The number of hydrogen-bond donors (Lipinski definition) is 0. The van der Waals surface area contributed by atoms with Crippen molar-refractivity contribution in [2.45, 2.75) is 32.6 Å². The molecule has 0 spiro atoms. The molecule has 1 aromatic heterocycles. The Kier molecular flexibility index (Phi) is 9.70. The molecule has 10 heteroatoms. The Morgan fingerprint density at radius 1 is 1.03 bits per heavy atom. The van der Waals surface area contributed by atoms with Crippen molar-refractivity contribution in [1.29, 1.82) is 0 Å². The number of thiazole rings is 1. The third-order valence-corrected chi connectivity index (χ3v) is 8.54. The van der Waals surface area contributed by atoms with Gasteiger partial charge in [0.2, 0.25) is 5.91 Å². The van der Waals surface area contributed by atoms with Crippen LogP contribution in [0, 0.1) is 13.8 Å². The topological polar surface area (TPSA) is 70.6 Å². The van der Waals surface area contributed by atoms with Crippen molar-refractivity contribution >= 4 is 66.4 Å². The van der Waals surface area contributed by atoms with E-state index in [4.69, 9.17) is 16.6 Å². The van der Waals surface area contributed by atoms with E-state index in [0.717, 1.165) is 34.4 Å². The number of likely N-dealkylation sites (N-methyl/N-ethyl adjacent to an activating group) is 1. The molecule has 1 amide bonds. The SMILES string of the molecule is CCN(CC)CCN(C(=O)CS(=O)(=O)c1ccc(Cl)cc1)c1nc2c(C)c(C)ccc2s1.Cl. The molecule has 2 aromatic carbocycles. The number of rotatable bonds is 9. The summed E-state index contributed by atoms with van der Waals surface area (Å²) in [6.45, 7) is 10.8. The Balaban J connectivity index is 0.00000385. The van der Waals surface area contributed by atoms with Crippen molar-refractivity contribution in [2.24, 2.45) is 0 Å². The van der Waals surface area contributed by atoms with Gasteiger partial charge in [0.25, 0.3) is 0 Å². The van der Waals surface area contributed by atoms with Crippen LogP contribution in [0.4, 0.5) is 5.13 Å². The van der Waals surface area contributed by atoms with E-state index in [1.807, 2.05) is 26.0 Å². The zero-order valence-corrected chi connectivity index (χ0v) is 22.4. The summed E-state index contributed by atoms with van der Waals surface area (Å²) in [7, 11) is -3.81. The van der Waals surface area contributed by atoms with Crippen LogP contribution >= 0.6 is 35.3 Å². The van der Waals surface area contributed by atoms with Gasteiger partial charge in [0.1, 0.15) is 5.75 Å². The van der Waals surface area contributed by atoms with Crippen LogP contribution in [-0.2, 0) is 14.6 Å². The van der Waals surface area contributed by atoms with Crippen molar-refractivity contribution < 1.29 is 13.2 Å². The van der Waals surface area contributed by atoms with E-state index < -0.39 is 21.5 Å². The number of anilines is 1. The van der Waals surface area contributed by atoms with Crippen LogP contribution in [0.2, 0.25) is 5.02 Å². The normalized spacial score (nSPS) is 11.6. The lowest BCUT2D eigenvalue weighted by Crippen LogP contribution is -2.41. The van der Waals surface area contributed by atoms with Gasteiger partial charge in [-0.2, -0.15) is 0 Å². The minimum atomic E-state index is -3.81. The fourth-order valence-corrected chi connectivity index (χ4v) is 5.80. The number of aromatic nitrogens is 1. The maximum atomic E-state index is 13.3. The third-order valence-electron chi connectivity index (χ3n) is 5.63. The smallest absolute Gasteiger partial charge is 0.244 e. The van der Waals surface area contributed by atoms with Crippen LogP contribution in [0.15, 0.2) is 41.3 Å². The van der Waals surface area contributed by atoms with Crippen LogP contribution in [0.1, 0.15) is 25.0 Å². The summed E-state index contributed by atoms with van der Waals surface area (Å²) in [5.41, 5.74) is 3.04. The first kappa shape index (κ1) is 27.5. The van der Waals surface area contributed by atoms with E-state index in [9.17, 15) is 13.2 Å². The second kappa shape index (κ2) is 11.6. The van der Waals surface area contributed by atoms with Gasteiger partial charge in [-0.3, -0.25) is 9.69 Å². The molecule has 0 saturated carbocycles. The molecule has 6 nitrogen and oxygen atoms in total. The number of amides is 1. The first-order valence-corrected chi connectivity index (χ1v) is 13.4. The lowest BCUT2D eigenvalue weighted by atomic mass is 10.1. The Bertz CT molecular complexity index is 1210. The highest BCUT2D eigenvalue weighted by Gasteiger charge is 2.27. The number of hydrogen-bond acceptors (Lipinski definition) is 6. The summed E-state index contributed by atoms with van der Waals surface area (Å²) in [5.74, 6) is -1.11. The third kappa shape index (κ3) is 6.45. The maximum Gasteiger partial charge on any atom is 0.244 e. The predicted octanol–water partition coefficient (Wildman–Crippen LogP) is 5.14. The molecule has 0 bridgehead atoms. The van der Waals surface area contributed by atoms with Crippen molar-refractivity contribution in [3.63, 3.8) is 0 Å². The predicted molar refractivity (Wildman–Crippen MR) is 140 cm³/mol. The number of fused-ring (bicyclic) bond motifs is 1. The van der Waals surface area contributed by atoms with Gasteiger partial charge < -0.3 is 4.90 Å². The first-order chi connectivity index (χ1) is 15.2. The lowest BCUT2D eigenvalue weighted by molar-refractivity contribution is -0.116. The van der Waals surface area contributed by atoms with E-state index in [0.29, 0.717) is 23.2 Å². The molecule has 0 aliphatic heterocycles. The molecule has 0 aliphatic rings. The molecule has 0 fully saturated rings. The number of sulfone groups is 1. The summed E-state index contributed by atoms with van der Waals surface area (Å²) in [5, 5.41) is 0.966. The van der Waals surface area contributed by atoms with E-state index in [2.05, 4.69) is 18.7 Å². The number of carbonyl (C=O) groups excluding carboxylic acids is 1. The lowest BCUT2D eigenvalue weighted by Gasteiger charge is -2.24. The molecule has 0 radical (unpaired) electrons. The van der Waals surface area contributed by atoms with Gasteiger partial charge in [0.15, 0.2) is 15.0 Å². The van der Waals surface area contributed by atoms with E-state index in [1.165, 1.54) is 40.5 Å². The van der Waals surface area contributed by atoms with Crippen molar-refractivity contribution in [3.8, 4) is 0 Å². The standard InChI is InChI=1S/C23H28ClN3O3S2.ClH/c1-5-26(6-2)13-14-27(23-25-22-17(4)16(3)7-12-20(22)31-23)21(28)15-32(29,30)19-10-8-18(24)9-11-19;/h7-12H,5-6,13-15H2,1-4H3;1H. The maximum absolute atomic E-state index is 13.3. The first-order valence-electron chi connectivity index (χ1n) is 10.5. The van der Waals surface area contributed by atoms with Gasteiger partial charge in [0.05, 0.1) is 15.1 Å². The van der Waals surface area contributed by atoms with Gasteiger partial charge in [-0.25, -0.2) is 13.4 Å². The molecule has 180 valence electrons. The van der Waals surface area contributed by atoms with Crippen molar-refractivity contribution in [2.75, 3.05) is 36.8 Å². The molecule has 3 rings (SSSR count). The molecule has 0 unspecified atom stereocenters. The van der Waals surface area contributed by atoms with Crippen LogP contribution < -0.4 is 4.90 Å². The number of carbonyl (C=O) groups is 1. The zero-order chi connectivity index (χ0) is 23.5. The van der Waals surface area contributed by atoms with E-state index >= 15 is 0 Å². The van der Waals surface area contributed by atoms with Gasteiger partial charge in [-0.05, 0) is 68.4 Å². The van der Waals surface area contributed by atoms with Crippen LogP contribution in [0.3, 0.4) is 0 Å². The summed E-state index contributed by atoms with van der Waals surface area (Å²) in [4.78, 5) is 21.8. The number of halogens is 2. The fourth-order valence-electron chi connectivity index (χ4n) is 3.40. The monoisotopic (exact) mass is 529 g/mol. The van der Waals surface area contributed by atoms with Crippen molar-refractivity contribution in [1.82, 2.24) is 9.88 Å². The zero-order valence-electron chi connectivity index (χ0n) is 19.2. The second-order valence-corrected chi connectivity index (χ2v) is 11.1. The highest BCUT2D eigenvalue weighted by atomic mass is 35.5. The highest BCUT2D eigenvalue weighted by Crippen LogP contribution is 2.32. The molecule has 0 N–H and O–H groups in total. The van der Waals surface area contributed by atoms with Gasteiger partial charge >= 0.3 is 0 Å². The summed E-state index contributed by atoms with van der Waals surface area (Å²) in [6, 6.07) is 9.90. The second-order valence-electron chi connectivity index (χ2n) is 7.64. The Labute approximate surface area is 210 Å². The Hall–Kier alpha value is -1.71. The number of aryl methyl sites for hydroxylation is 2. The minimum absolute atomic E-state index is 0. The van der Waals surface area contributed by atoms with Crippen LogP contribution in [0.5, 0.6) is 0 Å². The molecule has 0 aliphatic carbocycles. The summed E-state index contributed by atoms with van der Waals surface area (Å²) >= 11 is 7.29. The van der Waals surface area contributed by atoms with Gasteiger partial charge in [-0.1, -0.05) is 42.9 Å². The minimum Gasteiger partial charge on any atom is -0.302 e. The number of nitrogens with zero attached hydrogens (tertiary/aromatic N) is 3. The van der Waals surface area contributed by atoms with Crippen LogP contribution in [-0.4, -0.2) is 56.1 Å². The molecule has 3 aromatic rings. The number of benzene rings is 2. The summed E-state index contributed by atoms with van der Waals surface area (Å²) in [6.07, 6.45) is 0.